The molecule has 1 heterocycles. The van der Waals surface area contributed by atoms with Gasteiger partial charge in [-0.25, -0.2) is 0 Å². The Kier molecular flexibility index (Phi) is 3.82. The highest BCUT2D eigenvalue weighted by atomic mass is 35.5. The second-order valence-corrected chi connectivity index (χ2v) is 5.55. The van der Waals surface area contributed by atoms with Crippen LogP contribution < -0.4 is 11.1 Å². The van der Waals surface area contributed by atoms with E-state index in [-0.39, 0.29) is 0 Å². The van der Waals surface area contributed by atoms with Crippen molar-refractivity contribution in [2.45, 2.75) is 13.5 Å². The van der Waals surface area contributed by atoms with Crippen LogP contribution in [-0.4, -0.2) is 0 Å². The largest absolute Gasteiger partial charge is 0.399 e. The number of nitrogens with two attached hydrogens (primary N) is 1. The molecule has 2 aromatic rings. The van der Waals surface area contributed by atoms with E-state index in [0.717, 1.165) is 5.69 Å². The van der Waals surface area contributed by atoms with Gasteiger partial charge >= 0.3 is 0 Å². The van der Waals surface area contributed by atoms with Crippen LogP contribution in [0.5, 0.6) is 0 Å². The monoisotopic (exact) mass is 286 g/mol. The van der Waals surface area contributed by atoms with E-state index >= 15 is 0 Å². The number of nitrogens with one attached hydrogen (secondary N) is 1. The smallest absolute Gasteiger partial charge is 0.0723 e. The maximum atomic E-state index is 6.09. The molecular formula is C12H12Cl2N2S. The zero-order chi connectivity index (χ0) is 12.4. The van der Waals surface area contributed by atoms with Crippen LogP contribution in [0.1, 0.15) is 10.4 Å². The highest BCUT2D eigenvalue weighted by molar-refractivity contribution is 7.10. The topological polar surface area (TPSA) is 38.0 Å². The third-order valence-corrected chi connectivity index (χ3v) is 4.08. The van der Waals surface area contributed by atoms with Crippen molar-refractivity contribution in [2.24, 2.45) is 0 Å². The Hall–Kier alpha value is -0.900. The SMILES string of the molecule is Cc1ccsc1CNc1c(Cl)cc(N)cc1Cl. The molecule has 0 aliphatic carbocycles. The van der Waals surface area contributed by atoms with E-state index in [1.807, 2.05) is 0 Å². The third-order valence-electron chi connectivity index (χ3n) is 2.46. The average molecular weight is 287 g/mol. The molecule has 0 spiro atoms. The number of aryl methyl sites for hydroxylation is 1. The summed E-state index contributed by atoms with van der Waals surface area (Å²) in [6.45, 7) is 2.80. The number of hydrogen-bond donors (Lipinski definition) is 2. The van der Waals surface area contributed by atoms with Crippen molar-refractivity contribution in [1.29, 1.82) is 0 Å². The zero-order valence-corrected chi connectivity index (χ0v) is 11.6. The summed E-state index contributed by atoms with van der Waals surface area (Å²) in [5.74, 6) is 0. The van der Waals surface area contributed by atoms with Gasteiger partial charge in [-0.15, -0.1) is 11.3 Å². The van der Waals surface area contributed by atoms with Crippen molar-refractivity contribution in [3.63, 3.8) is 0 Å². The van der Waals surface area contributed by atoms with Gasteiger partial charge in [0, 0.05) is 17.1 Å². The summed E-state index contributed by atoms with van der Waals surface area (Å²) in [5, 5.41) is 6.40. The van der Waals surface area contributed by atoms with Gasteiger partial charge in [0.05, 0.1) is 15.7 Å². The number of anilines is 2. The molecule has 0 radical (unpaired) electrons. The molecule has 0 fully saturated rings. The average Bonchev–Trinajstić information content (AvgIpc) is 2.62. The highest BCUT2D eigenvalue weighted by Crippen LogP contribution is 2.33. The predicted molar refractivity (Wildman–Crippen MR) is 77.3 cm³/mol. The minimum absolute atomic E-state index is 0.546. The summed E-state index contributed by atoms with van der Waals surface area (Å²) in [7, 11) is 0. The normalized spacial score (nSPS) is 10.5. The van der Waals surface area contributed by atoms with Gasteiger partial charge in [0.2, 0.25) is 0 Å². The predicted octanol–water partition coefficient (Wildman–Crippen LogP) is 4.56. The van der Waals surface area contributed by atoms with E-state index in [9.17, 15) is 0 Å². The van der Waals surface area contributed by atoms with E-state index < -0.39 is 0 Å². The number of benzene rings is 1. The van der Waals surface area contributed by atoms with Crippen molar-refractivity contribution in [3.8, 4) is 0 Å². The van der Waals surface area contributed by atoms with Crippen LogP contribution in [0.3, 0.4) is 0 Å². The molecule has 0 atom stereocenters. The van der Waals surface area contributed by atoms with Crippen molar-refractivity contribution in [2.75, 3.05) is 11.1 Å². The molecule has 5 heteroatoms. The van der Waals surface area contributed by atoms with E-state index in [2.05, 4.69) is 23.7 Å². The molecule has 17 heavy (non-hydrogen) atoms. The minimum atomic E-state index is 0.546. The third kappa shape index (κ3) is 2.86. The first-order valence-electron chi connectivity index (χ1n) is 5.09. The number of rotatable bonds is 3. The van der Waals surface area contributed by atoms with Crippen molar-refractivity contribution < 1.29 is 0 Å². The fourth-order valence-corrected chi connectivity index (χ4v) is 3.00. The van der Waals surface area contributed by atoms with E-state index in [1.165, 1.54) is 10.4 Å². The lowest BCUT2D eigenvalue weighted by Gasteiger charge is -2.11. The fraction of sp³-hybridized carbons (Fsp3) is 0.167. The van der Waals surface area contributed by atoms with Crippen LogP contribution in [0.25, 0.3) is 0 Å². The summed E-state index contributed by atoms with van der Waals surface area (Å²) >= 11 is 13.9. The second kappa shape index (κ2) is 5.17. The molecule has 2 rings (SSSR count). The second-order valence-electron chi connectivity index (χ2n) is 3.74. The van der Waals surface area contributed by atoms with E-state index in [4.69, 9.17) is 28.9 Å². The summed E-state index contributed by atoms with van der Waals surface area (Å²) < 4.78 is 0. The Balaban J connectivity index is 2.17. The van der Waals surface area contributed by atoms with Crippen LogP contribution in [0.4, 0.5) is 11.4 Å². The molecule has 1 aromatic heterocycles. The van der Waals surface area contributed by atoms with Gasteiger partial charge in [0.25, 0.3) is 0 Å². The Morgan fingerprint density at radius 1 is 1.29 bits per heavy atom. The number of halogens is 2. The summed E-state index contributed by atoms with van der Waals surface area (Å²) in [4.78, 5) is 1.27. The molecule has 0 saturated heterocycles. The molecule has 0 unspecified atom stereocenters. The maximum Gasteiger partial charge on any atom is 0.0723 e. The Morgan fingerprint density at radius 3 is 2.47 bits per heavy atom. The van der Waals surface area contributed by atoms with Gasteiger partial charge < -0.3 is 11.1 Å². The van der Waals surface area contributed by atoms with Crippen molar-refractivity contribution in [3.05, 3.63) is 44.1 Å². The van der Waals surface area contributed by atoms with E-state index in [0.29, 0.717) is 22.3 Å². The highest BCUT2D eigenvalue weighted by Gasteiger charge is 2.08. The molecule has 3 N–H and O–H groups in total. The summed E-state index contributed by atoms with van der Waals surface area (Å²) in [6.07, 6.45) is 0. The first-order valence-corrected chi connectivity index (χ1v) is 6.73. The molecule has 0 saturated carbocycles. The Labute approximate surface area is 114 Å². The molecule has 0 amide bonds. The molecule has 90 valence electrons. The lowest BCUT2D eigenvalue weighted by atomic mass is 10.2. The van der Waals surface area contributed by atoms with Crippen molar-refractivity contribution in [1.82, 2.24) is 0 Å². The molecule has 1 aromatic carbocycles. The number of thiophene rings is 1. The summed E-state index contributed by atoms with van der Waals surface area (Å²) in [6, 6.07) is 5.47. The van der Waals surface area contributed by atoms with Gasteiger partial charge in [-0.3, -0.25) is 0 Å². The van der Waals surface area contributed by atoms with Crippen LogP contribution in [0, 0.1) is 6.92 Å². The minimum Gasteiger partial charge on any atom is -0.399 e. The number of hydrogen-bond acceptors (Lipinski definition) is 3. The molecular weight excluding hydrogens is 275 g/mol. The Bertz CT molecular complexity index is 514. The van der Waals surface area contributed by atoms with Crippen LogP contribution >= 0.6 is 34.5 Å². The van der Waals surface area contributed by atoms with Gasteiger partial charge in [-0.05, 0) is 36.1 Å². The van der Waals surface area contributed by atoms with Gasteiger partial charge in [0.1, 0.15) is 0 Å². The molecule has 0 aliphatic heterocycles. The van der Waals surface area contributed by atoms with Gasteiger partial charge in [-0.1, -0.05) is 23.2 Å². The standard InChI is InChI=1S/C12H12Cl2N2S/c1-7-2-3-17-11(7)6-16-12-9(13)4-8(15)5-10(12)14/h2-5,16H,6,15H2,1H3. The van der Waals surface area contributed by atoms with Crippen molar-refractivity contribution >= 4 is 45.9 Å². The molecule has 0 aliphatic rings. The molecule has 0 bridgehead atoms. The summed E-state index contributed by atoms with van der Waals surface area (Å²) in [5.41, 5.74) is 8.22. The lowest BCUT2D eigenvalue weighted by Crippen LogP contribution is -2.00. The van der Waals surface area contributed by atoms with Gasteiger partial charge in [0.15, 0.2) is 0 Å². The first kappa shape index (κ1) is 12.6. The zero-order valence-electron chi connectivity index (χ0n) is 9.26. The Morgan fingerprint density at radius 2 is 1.94 bits per heavy atom. The molecule has 2 nitrogen and oxygen atoms in total. The maximum absolute atomic E-state index is 6.09. The quantitative estimate of drug-likeness (QED) is 0.812. The van der Waals surface area contributed by atoms with Gasteiger partial charge in [-0.2, -0.15) is 0 Å². The van der Waals surface area contributed by atoms with Crippen LogP contribution in [0.2, 0.25) is 10.0 Å². The lowest BCUT2D eigenvalue weighted by molar-refractivity contribution is 1.17. The fourth-order valence-electron chi connectivity index (χ4n) is 1.52. The number of nitrogen functional groups attached to an aromatic ring is 1. The van der Waals surface area contributed by atoms with Crippen LogP contribution in [0.15, 0.2) is 23.6 Å². The van der Waals surface area contributed by atoms with E-state index in [1.54, 1.807) is 23.5 Å². The first-order chi connectivity index (χ1) is 8.08. The van der Waals surface area contributed by atoms with Crippen LogP contribution in [-0.2, 0) is 6.54 Å².